The molecule has 1 aliphatic rings. The molecule has 0 aliphatic carbocycles. The summed E-state index contributed by atoms with van der Waals surface area (Å²) in [7, 11) is 1.75. The molecule has 0 bridgehead atoms. The van der Waals surface area contributed by atoms with Crippen LogP contribution in [0.5, 0.6) is 5.88 Å². The van der Waals surface area contributed by atoms with Crippen molar-refractivity contribution in [1.29, 1.82) is 0 Å². The molecule has 0 atom stereocenters. The van der Waals surface area contributed by atoms with Gasteiger partial charge in [0.15, 0.2) is 0 Å². The summed E-state index contributed by atoms with van der Waals surface area (Å²) in [6.45, 7) is 7.79. The quantitative estimate of drug-likeness (QED) is 0.279. The first-order valence-electron chi connectivity index (χ1n) is 12.5. The maximum absolute atomic E-state index is 15.1. The monoisotopic (exact) mass is 477 g/mol. The first-order valence-corrected chi connectivity index (χ1v) is 12.5. The van der Waals surface area contributed by atoms with E-state index in [-0.39, 0.29) is 11.7 Å². The number of aromatic nitrogens is 4. The van der Waals surface area contributed by atoms with E-state index >= 15 is 4.39 Å². The first-order chi connectivity index (χ1) is 16.9. The Morgan fingerprint density at radius 3 is 2.66 bits per heavy atom. The van der Waals surface area contributed by atoms with Crippen LogP contribution in [0.3, 0.4) is 0 Å². The van der Waals surface area contributed by atoms with E-state index in [1.54, 1.807) is 34.5 Å². The number of pyridine rings is 2. The molecule has 7 nitrogen and oxygen atoms in total. The summed E-state index contributed by atoms with van der Waals surface area (Å²) in [4.78, 5) is 23.9. The van der Waals surface area contributed by atoms with Gasteiger partial charge in [0.05, 0.1) is 29.4 Å². The molecule has 8 heteroatoms. The zero-order chi connectivity index (χ0) is 24.5. The number of hydrogen-bond acceptors (Lipinski definition) is 5. The van der Waals surface area contributed by atoms with Crippen molar-refractivity contribution in [2.75, 3.05) is 26.2 Å². The van der Waals surface area contributed by atoms with Gasteiger partial charge < -0.3 is 9.64 Å². The molecule has 5 rings (SSSR count). The summed E-state index contributed by atoms with van der Waals surface area (Å²) >= 11 is 0. The average Bonchev–Trinajstić information content (AvgIpc) is 3.13. The molecule has 0 spiro atoms. The van der Waals surface area contributed by atoms with Gasteiger partial charge in [-0.1, -0.05) is 12.5 Å². The normalized spacial score (nSPS) is 14.9. The summed E-state index contributed by atoms with van der Waals surface area (Å²) in [5.41, 5.74) is 3.29. The van der Waals surface area contributed by atoms with Crippen LogP contribution in [0.1, 0.15) is 45.6 Å². The fourth-order valence-corrected chi connectivity index (χ4v) is 5.03. The highest BCUT2D eigenvalue weighted by atomic mass is 19.1. The summed E-state index contributed by atoms with van der Waals surface area (Å²) in [5.74, 6) is -0.279. The van der Waals surface area contributed by atoms with Gasteiger partial charge >= 0.3 is 5.69 Å². The van der Waals surface area contributed by atoms with Crippen molar-refractivity contribution in [3.8, 4) is 17.0 Å². The van der Waals surface area contributed by atoms with Crippen LogP contribution in [0.4, 0.5) is 4.39 Å². The molecule has 0 saturated carbocycles. The Morgan fingerprint density at radius 2 is 1.91 bits per heavy atom. The number of imidazole rings is 1. The van der Waals surface area contributed by atoms with Crippen molar-refractivity contribution in [2.45, 2.75) is 45.6 Å². The standard InChI is InChI=1S/C27H32FN5O2/c1-18(2)33-25-21-16-19(8-10-22(21)29-17-23(25)31(3)27(33)34)20-9-11-24(30-26(20)28)35-15-7-14-32-12-5-4-6-13-32/h8-11,16-18H,4-7,12-15H2,1-3H3. The molecule has 0 amide bonds. The van der Waals surface area contributed by atoms with Crippen LogP contribution in [-0.2, 0) is 7.05 Å². The van der Waals surface area contributed by atoms with E-state index in [0.717, 1.165) is 48.0 Å². The number of likely N-dealkylation sites (tertiary alicyclic amines) is 1. The second-order valence-electron chi connectivity index (χ2n) is 9.62. The van der Waals surface area contributed by atoms with Crippen molar-refractivity contribution < 1.29 is 9.13 Å². The number of rotatable bonds is 7. The lowest BCUT2D eigenvalue weighted by Gasteiger charge is -2.26. The minimum absolute atomic E-state index is 0.0230. The van der Waals surface area contributed by atoms with Crippen LogP contribution < -0.4 is 10.4 Å². The topological polar surface area (TPSA) is 65.2 Å². The van der Waals surface area contributed by atoms with Gasteiger partial charge in [0.2, 0.25) is 11.8 Å². The van der Waals surface area contributed by atoms with Crippen molar-refractivity contribution >= 4 is 21.9 Å². The van der Waals surface area contributed by atoms with Gasteiger partial charge in [0.1, 0.15) is 0 Å². The van der Waals surface area contributed by atoms with Crippen LogP contribution in [-0.4, -0.2) is 50.2 Å². The molecule has 3 aromatic heterocycles. The van der Waals surface area contributed by atoms with E-state index < -0.39 is 5.95 Å². The van der Waals surface area contributed by atoms with Crippen LogP contribution in [0.15, 0.2) is 41.3 Å². The minimum Gasteiger partial charge on any atom is -0.478 e. The van der Waals surface area contributed by atoms with Crippen LogP contribution >= 0.6 is 0 Å². The predicted octanol–water partition coefficient (Wildman–Crippen LogP) is 4.93. The Labute approximate surface area is 204 Å². The van der Waals surface area contributed by atoms with Crippen molar-refractivity contribution in [1.82, 2.24) is 24.0 Å². The van der Waals surface area contributed by atoms with E-state index in [1.165, 1.54) is 19.3 Å². The van der Waals surface area contributed by atoms with E-state index in [4.69, 9.17) is 4.74 Å². The van der Waals surface area contributed by atoms with E-state index in [9.17, 15) is 4.79 Å². The minimum atomic E-state index is -0.577. The fraction of sp³-hybridized carbons (Fsp3) is 0.444. The Balaban J connectivity index is 1.40. The number of halogens is 1. The third-order valence-electron chi connectivity index (χ3n) is 6.88. The van der Waals surface area contributed by atoms with Gasteiger partial charge in [0, 0.05) is 36.7 Å². The molecular formula is C27H32FN5O2. The average molecular weight is 478 g/mol. The maximum atomic E-state index is 15.1. The van der Waals surface area contributed by atoms with Crippen molar-refractivity contribution in [3.63, 3.8) is 0 Å². The van der Waals surface area contributed by atoms with Crippen LogP contribution in [0.25, 0.3) is 33.1 Å². The molecular weight excluding hydrogens is 445 g/mol. The lowest BCUT2D eigenvalue weighted by atomic mass is 10.0. The van der Waals surface area contributed by atoms with Crippen LogP contribution in [0, 0.1) is 5.95 Å². The Bertz CT molecular complexity index is 1420. The predicted molar refractivity (Wildman–Crippen MR) is 136 cm³/mol. The molecule has 4 heterocycles. The largest absolute Gasteiger partial charge is 0.478 e. The van der Waals surface area contributed by atoms with Crippen molar-refractivity contribution in [3.05, 3.63) is 53.0 Å². The Morgan fingerprint density at radius 1 is 1.11 bits per heavy atom. The Kier molecular flexibility index (Phi) is 6.56. The molecule has 1 aromatic carbocycles. The number of benzene rings is 1. The molecule has 1 saturated heterocycles. The molecule has 4 aromatic rings. The maximum Gasteiger partial charge on any atom is 0.329 e. The highest BCUT2D eigenvalue weighted by molar-refractivity contribution is 6.04. The summed E-state index contributed by atoms with van der Waals surface area (Å²) in [6, 6.07) is 8.98. The number of aryl methyl sites for hydroxylation is 1. The van der Waals surface area contributed by atoms with Gasteiger partial charge in [-0.2, -0.15) is 9.37 Å². The summed E-state index contributed by atoms with van der Waals surface area (Å²) in [5, 5.41) is 0.809. The van der Waals surface area contributed by atoms with E-state index in [2.05, 4.69) is 14.9 Å². The number of nitrogens with zero attached hydrogens (tertiary/aromatic N) is 5. The molecule has 0 N–H and O–H groups in total. The van der Waals surface area contributed by atoms with E-state index in [0.29, 0.717) is 23.6 Å². The third kappa shape index (κ3) is 4.55. The number of hydrogen-bond donors (Lipinski definition) is 0. The molecule has 1 fully saturated rings. The lowest BCUT2D eigenvalue weighted by Crippen LogP contribution is -2.31. The fourth-order valence-electron chi connectivity index (χ4n) is 5.03. The van der Waals surface area contributed by atoms with E-state index in [1.807, 2.05) is 32.0 Å². The summed E-state index contributed by atoms with van der Waals surface area (Å²) in [6.07, 6.45) is 6.48. The molecule has 35 heavy (non-hydrogen) atoms. The highest BCUT2D eigenvalue weighted by Gasteiger charge is 2.18. The van der Waals surface area contributed by atoms with Gasteiger partial charge in [-0.05, 0) is 70.0 Å². The number of fused-ring (bicyclic) bond motifs is 3. The first kappa shape index (κ1) is 23.5. The SMILES string of the molecule is CC(C)n1c(=O)n(C)c2cnc3ccc(-c4ccc(OCCCN5CCCCC5)nc4F)cc3c21. The van der Waals surface area contributed by atoms with Gasteiger partial charge in [-0.25, -0.2) is 4.79 Å². The summed E-state index contributed by atoms with van der Waals surface area (Å²) < 4.78 is 24.1. The zero-order valence-electron chi connectivity index (χ0n) is 20.6. The lowest BCUT2D eigenvalue weighted by molar-refractivity contribution is 0.202. The smallest absolute Gasteiger partial charge is 0.329 e. The Hall–Kier alpha value is -3.26. The molecule has 0 unspecified atom stereocenters. The van der Waals surface area contributed by atoms with Crippen LogP contribution in [0.2, 0.25) is 0 Å². The molecule has 184 valence electrons. The molecule has 0 radical (unpaired) electrons. The second-order valence-corrected chi connectivity index (χ2v) is 9.62. The zero-order valence-corrected chi connectivity index (χ0v) is 20.6. The third-order valence-corrected chi connectivity index (χ3v) is 6.88. The van der Waals surface area contributed by atoms with Gasteiger partial charge in [-0.15, -0.1) is 0 Å². The number of ether oxygens (including phenoxy) is 1. The van der Waals surface area contributed by atoms with Crippen molar-refractivity contribution in [2.24, 2.45) is 7.05 Å². The number of piperidine rings is 1. The second kappa shape index (κ2) is 9.77. The van der Waals surface area contributed by atoms with Gasteiger partial charge in [-0.3, -0.25) is 14.1 Å². The van der Waals surface area contributed by atoms with Gasteiger partial charge in [0.25, 0.3) is 0 Å². The molecule has 1 aliphatic heterocycles. The highest BCUT2D eigenvalue weighted by Crippen LogP contribution is 2.31.